The first-order valence-corrected chi connectivity index (χ1v) is 8.88. The van der Waals surface area contributed by atoms with Gasteiger partial charge in [-0.05, 0) is 42.9 Å². The molecule has 0 spiro atoms. The van der Waals surface area contributed by atoms with E-state index in [4.69, 9.17) is 4.74 Å². The van der Waals surface area contributed by atoms with E-state index in [0.29, 0.717) is 6.54 Å². The third-order valence-electron chi connectivity index (χ3n) is 4.27. The van der Waals surface area contributed by atoms with Crippen LogP contribution in [0.5, 0.6) is 11.5 Å². The van der Waals surface area contributed by atoms with Crippen LogP contribution in [0.15, 0.2) is 60.8 Å². The van der Waals surface area contributed by atoms with Crippen LogP contribution >= 0.6 is 0 Å². The van der Waals surface area contributed by atoms with Gasteiger partial charge in [-0.2, -0.15) is 5.10 Å². The molecule has 136 valence electrons. The zero-order valence-corrected chi connectivity index (χ0v) is 15.3. The average molecular weight is 351 g/mol. The molecule has 0 amide bonds. The second-order valence-corrected chi connectivity index (χ2v) is 6.21. The van der Waals surface area contributed by atoms with Gasteiger partial charge in [0, 0.05) is 37.5 Å². The Kier molecular flexibility index (Phi) is 6.04. The van der Waals surface area contributed by atoms with Crippen molar-refractivity contribution in [1.82, 2.24) is 14.7 Å². The van der Waals surface area contributed by atoms with Gasteiger partial charge in [-0.3, -0.25) is 9.58 Å². The number of benzene rings is 2. The molecule has 0 aliphatic carbocycles. The minimum Gasteiger partial charge on any atom is -0.457 e. The molecular weight excluding hydrogens is 326 g/mol. The number of ether oxygens (including phenoxy) is 1. The number of para-hydroxylation sites is 1. The minimum absolute atomic E-state index is 0.162. The van der Waals surface area contributed by atoms with Gasteiger partial charge in [0.05, 0.1) is 12.3 Å². The molecule has 2 aromatic carbocycles. The van der Waals surface area contributed by atoms with Crippen LogP contribution in [0.4, 0.5) is 0 Å². The summed E-state index contributed by atoms with van der Waals surface area (Å²) < 4.78 is 7.70. The molecule has 1 heterocycles. The lowest BCUT2D eigenvalue weighted by atomic mass is 10.1. The summed E-state index contributed by atoms with van der Waals surface area (Å²) in [5, 5.41) is 13.8. The van der Waals surface area contributed by atoms with E-state index in [9.17, 15) is 5.11 Å². The van der Waals surface area contributed by atoms with Gasteiger partial charge < -0.3 is 9.84 Å². The second-order valence-electron chi connectivity index (χ2n) is 6.21. The van der Waals surface area contributed by atoms with Crippen molar-refractivity contribution in [2.45, 2.75) is 13.5 Å². The predicted molar refractivity (Wildman–Crippen MR) is 103 cm³/mol. The monoisotopic (exact) mass is 351 g/mol. The van der Waals surface area contributed by atoms with Crippen molar-refractivity contribution in [2.75, 3.05) is 19.7 Å². The number of aryl methyl sites for hydroxylation is 1. The Morgan fingerprint density at radius 3 is 2.38 bits per heavy atom. The fourth-order valence-corrected chi connectivity index (χ4v) is 2.93. The molecule has 1 N–H and O–H groups in total. The summed E-state index contributed by atoms with van der Waals surface area (Å²) in [6.07, 6.45) is 2.05. The third kappa shape index (κ3) is 4.50. The normalized spacial score (nSPS) is 11.1. The Bertz CT molecular complexity index is 813. The SMILES string of the molecule is CCN(CCO)Cc1cn(C)nc1-c1ccc(Oc2ccccc2)cc1. The van der Waals surface area contributed by atoms with Gasteiger partial charge in [-0.15, -0.1) is 0 Å². The van der Waals surface area contributed by atoms with E-state index in [-0.39, 0.29) is 6.61 Å². The van der Waals surface area contributed by atoms with E-state index in [1.165, 1.54) is 0 Å². The lowest BCUT2D eigenvalue weighted by molar-refractivity contribution is 0.197. The number of nitrogens with zero attached hydrogens (tertiary/aromatic N) is 3. The number of hydrogen-bond donors (Lipinski definition) is 1. The van der Waals surface area contributed by atoms with Gasteiger partial charge in [-0.1, -0.05) is 25.1 Å². The van der Waals surface area contributed by atoms with Crippen LogP contribution in [-0.4, -0.2) is 39.5 Å². The maximum Gasteiger partial charge on any atom is 0.127 e. The first-order chi connectivity index (χ1) is 12.7. The van der Waals surface area contributed by atoms with Crippen molar-refractivity contribution < 1.29 is 9.84 Å². The van der Waals surface area contributed by atoms with Crippen molar-refractivity contribution in [2.24, 2.45) is 7.05 Å². The van der Waals surface area contributed by atoms with Gasteiger partial charge in [0.25, 0.3) is 0 Å². The second kappa shape index (κ2) is 8.65. The van der Waals surface area contributed by atoms with Crippen molar-refractivity contribution >= 4 is 0 Å². The highest BCUT2D eigenvalue weighted by Gasteiger charge is 2.13. The quantitative estimate of drug-likeness (QED) is 0.672. The molecule has 0 saturated carbocycles. The molecule has 0 bridgehead atoms. The van der Waals surface area contributed by atoms with Gasteiger partial charge in [0.15, 0.2) is 0 Å². The van der Waals surface area contributed by atoms with E-state index in [2.05, 4.69) is 16.9 Å². The van der Waals surface area contributed by atoms with E-state index in [0.717, 1.165) is 41.4 Å². The zero-order valence-electron chi connectivity index (χ0n) is 15.3. The van der Waals surface area contributed by atoms with Crippen molar-refractivity contribution in [3.63, 3.8) is 0 Å². The lowest BCUT2D eigenvalue weighted by Gasteiger charge is -2.18. The third-order valence-corrected chi connectivity index (χ3v) is 4.27. The standard InChI is InChI=1S/C21H25N3O2/c1-3-24(13-14-25)16-18-15-23(2)22-21(18)17-9-11-20(12-10-17)26-19-7-5-4-6-8-19/h4-12,15,25H,3,13-14,16H2,1-2H3. The highest BCUT2D eigenvalue weighted by Crippen LogP contribution is 2.27. The first kappa shape index (κ1) is 18.2. The van der Waals surface area contributed by atoms with E-state index >= 15 is 0 Å². The van der Waals surface area contributed by atoms with Crippen LogP contribution in [-0.2, 0) is 13.6 Å². The molecule has 0 unspecified atom stereocenters. The molecule has 0 atom stereocenters. The van der Waals surface area contributed by atoms with Crippen molar-refractivity contribution in [3.05, 3.63) is 66.4 Å². The van der Waals surface area contributed by atoms with Crippen LogP contribution in [0, 0.1) is 0 Å². The number of likely N-dealkylation sites (N-methyl/N-ethyl adjacent to an activating group) is 1. The molecular formula is C21H25N3O2. The molecule has 0 aliphatic heterocycles. The smallest absolute Gasteiger partial charge is 0.127 e. The largest absolute Gasteiger partial charge is 0.457 e. The van der Waals surface area contributed by atoms with Crippen LogP contribution < -0.4 is 4.74 Å². The molecule has 26 heavy (non-hydrogen) atoms. The number of hydrogen-bond acceptors (Lipinski definition) is 4. The van der Waals surface area contributed by atoms with Gasteiger partial charge in [-0.25, -0.2) is 0 Å². The van der Waals surface area contributed by atoms with Gasteiger partial charge in [0.1, 0.15) is 11.5 Å². The van der Waals surface area contributed by atoms with E-state index in [1.807, 2.05) is 72.5 Å². The summed E-state index contributed by atoms with van der Waals surface area (Å²) in [5.41, 5.74) is 3.18. The van der Waals surface area contributed by atoms with Crippen LogP contribution in [0.2, 0.25) is 0 Å². The minimum atomic E-state index is 0.162. The lowest BCUT2D eigenvalue weighted by Crippen LogP contribution is -2.26. The molecule has 5 nitrogen and oxygen atoms in total. The number of rotatable bonds is 8. The molecule has 5 heteroatoms. The molecule has 1 aromatic heterocycles. The zero-order chi connectivity index (χ0) is 18.4. The van der Waals surface area contributed by atoms with Crippen LogP contribution in [0.3, 0.4) is 0 Å². The molecule has 3 aromatic rings. The summed E-state index contributed by atoms with van der Waals surface area (Å²) in [7, 11) is 1.93. The molecule has 0 radical (unpaired) electrons. The van der Waals surface area contributed by atoms with Crippen LogP contribution in [0.25, 0.3) is 11.3 Å². The summed E-state index contributed by atoms with van der Waals surface area (Å²) >= 11 is 0. The van der Waals surface area contributed by atoms with Gasteiger partial charge >= 0.3 is 0 Å². The molecule has 0 saturated heterocycles. The Hall–Kier alpha value is -2.63. The summed E-state index contributed by atoms with van der Waals surface area (Å²) in [4.78, 5) is 2.20. The number of aromatic nitrogens is 2. The molecule has 0 fully saturated rings. The average Bonchev–Trinajstić information content (AvgIpc) is 3.03. The Morgan fingerprint density at radius 1 is 1.04 bits per heavy atom. The van der Waals surface area contributed by atoms with Crippen molar-refractivity contribution in [1.29, 1.82) is 0 Å². The summed E-state index contributed by atoms with van der Waals surface area (Å²) in [6.45, 7) is 4.58. The molecule has 0 aliphatic rings. The first-order valence-electron chi connectivity index (χ1n) is 8.88. The van der Waals surface area contributed by atoms with E-state index in [1.54, 1.807) is 0 Å². The highest BCUT2D eigenvalue weighted by molar-refractivity contribution is 5.63. The Labute approximate surface area is 154 Å². The van der Waals surface area contributed by atoms with Gasteiger partial charge in [0.2, 0.25) is 0 Å². The fraction of sp³-hybridized carbons (Fsp3) is 0.286. The summed E-state index contributed by atoms with van der Waals surface area (Å²) in [6, 6.07) is 17.7. The highest BCUT2D eigenvalue weighted by atomic mass is 16.5. The molecule has 3 rings (SSSR count). The Balaban J connectivity index is 1.78. The maximum atomic E-state index is 9.21. The van der Waals surface area contributed by atoms with Crippen molar-refractivity contribution in [3.8, 4) is 22.8 Å². The topological polar surface area (TPSA) is 50.5 Å². The number of aliphatic hydroxyl groups is 1. The van der Waals surface area contributed by atoms with Crippen LogP contribution in [0.1, 0.15) is 12.5 Å². The number of aliphatic hydroxyl groups excluding tert-OH is 1. The van der Waals surface area contributed by atoms with E-state index < -0.39 is 0 Å². The maximum absolute atomic E-state index is 9.21. The predicted octanol–water partition coefficient (Wildman–Crippen LogP) is 3.69. The summed E-state index contributed by atoms with van der Waals surface area (Å²) in [5.74, 6) is 1.62. The Morgan fingerprint density at radius 2 is 1.73 bits per heavy atom. The fourth-order valence-electron chi connectivity index (χ4n) is 2.93.